The monoisotopic (exact) mass is 609 g/mol. The van der Waals surface area contributed by atoms with Crippen LogP contribution >= 0.6 is 7.60 Å². The van der Waals surface area contributed by atoms with Crippen molar-refractivity contribution in [3.05, 3.63) is 35.3 Å². The Morgan fingerprint density at radius 1 is 1.17 bits per heavy atom. The van der Waals surface area contributed by atoms with Crippen LogP contribution in [0.15, 0.2) is 29.7 Å². The van der Waals surface area contributed by atoms with Gasteiger partial charge in [0.25, 0.3) is 5.56 Å². The normalized spacial score (nSPS) is 33.4. The molecule has 0 amide bonds. The third kappa shape index (κ3) is 4.93. The predicted octanol–water partition coefficient (Wildman–Crippen LogP) is -1.62. The van der Waals surface area contributed by atoms with Crippen LogP contribution in [-0.2, 0) is 23.3 Å². The van der Waals surface area contributed by atoms with E-state index in [1.54, 1.807) is 6.92 Å². The van der Waals surface area contributed by atoms with Crippen LogP contribution in [0.1, 0.15) is 19.4 Å². The van der Waals surface area contributed by atoms with E-state index >= 15 is 0 Å². The minimum Gasteiger partial charge on any atom is -0.390 e. The van der Waals surface area contributed by atoms with Crippen LogP contribution in [0.3, 0.4) is 0 Å². The van der Waals surface area contributed by atoms with Gasteiger partial charge in [0.05, 0.1) is 24.4 Å². The molecule has 4 aromatic heterocycles. The summed E-state index contributed by atoms with van der Waals surface area (Å²) in [6.45, 7) is 1.32. The lowest BCUT2D eigenvalue weighted by Gasteiger charge is -2.32. The fraction of sp³-hybridized carbons (Fsp3) is 0.500. The summed E-state index contributed by atoms with van der Waals surface area (Å²) in [6, 6.07) is 1.36. The zero-order valence-corrected chi connectivity index (χ0v) is 22.8. The Morgan fingerprint density at radius 3 is 2.74 bits per heavy atom. The van der Waals surface area contributed by atoms with Gasteiger partial charge < -0.3 is 50.5 Å². The number of hydrogen-bond donors (Lipinski definition) is 7. The standard InChI is InChI=1S/C22H28N9O10P/c1-8-4-38-14-12(33)20(31-6-27-10-15(23)25-5-26-17(10)31)40-21(14)39-7-42(36,37)41-13(11(8)32)19(35)30-3-2-9-16(30)28-22(24)29-18(9)34/h2-3,5-6,8,11-14,19-21,32-33,35H,4,7H2,1H3,(H,36,37)(H2,23,25,26)(H3,24,28,29,34). The van der Waals surface area contributed by atoms with Crippen molar-refractivity contribution in [2.75, 3.05) is 24.4 Å². The number of hydrogen-bond acceptors (Lipinski definition) is 15. The number of aliphatic hydroxyl groups is 3. The number of H-pyrrole nitrogens is 1. The SMILES string of the molecule is CC1COC2C(OCP(=O)(O)OC(C(O)n3ccc4c(=O)[nH]c(N)nc43)C1O)OC(n1cnc3c(N)ncnc31)C2O. The molecule has 2 saturated heterocycles. The van der Waals surface area contributed by atoms with Crippen molar-refractivity contribution >= 4 is 41.6 Å². The van der Waals surface area contributed by atoms with Gasteiger partial charge in [-0.2, -0.15) is 4.98 Å². The summed E-state index contributed by atoms with van der Waals surface area (Å²) in [5, 5.41) is 33.6. The van der Waals surface area contributed by atoms with Gasteiger partial charge in [0.1, 0.15) is 30.2 Å². The number of nitrogens with two attached hydrogens (primary N) is 2. The van der Waals surface area contributed by atoms with E-state index in [9.17, 15) is 29.6 Å². The van der Waals surface area contributed by atoms with Gasteiger partial charge in [-0.3, -0.25) is 23.4 Å². The minimum atomic E-state index is -4.72. The van der Waals surface area contributed by atoms with Gasteiger partial charge in [-0.15, -0.1) is 0 Å². The second-order valence-corrected chi connectivity index (χ2v) is 11.8. The highest BCUT2D eigenvalue weighted by Crippen LogP contribution is 2.48. The van der Waals surface area contributed by atoms with Crippen LogP contribution in [0, 0.1) is 5.92 Å². The highest BCUT2D eigenvalue weighted by atomic mass is 31.2. The number of nitrogen functional groups attached to an aromatic ring is 2. The third-order valence-electron chi connectivity index (χ3n) is 7.17. The van der Waals surface area contributed by atoms with Crippen molar-refractivity contribution in [1.82, 2.24) is 34.1 Å². The number of rotatable bonds is 3. The Morgan fingerprint density at radius 2 is 1.95 bits per heavy atom. The van der Waals surface area contributed by atoms with Gasteiger partial charge in [0, 0.05) is 12.1 Å². The quantitative estimate of drug-likeness (QED) is 0.128. The lowest BCUT2D eigenvalue weighted by Crippen LogP contribution is -2.43. The van der Waals surface area contributed by atoms with Gasteiger partial charge in [-0.1, -0.05) is 6.92 Å². The van der Waals surface area contributed by atoms with Gasteiger partial charge in [-0.05, 0) is 6.07 Å². The summed E-state index contributed by atoms with van der Waals surface area (Å²) >= 11 is 0. The summed E-state index contributed by atoms with van der Waals surface area (Å²) in [6.07, 6.45) is -7.28. The van der Waals surface area contributed by atoms with Gasteiger partial charge in [-0.25, -0.2) is 15.0 Å². The molecule has 0 spiro atoms. The molecule has 42 heavy (non-hydrogen) atoms. The molecule has 2 aliphatic rings. The first-order valence-corrected chi connectivity index (χ1v) is 14.4. The zero-order valence-electron chi connectivity index (χ0n) is 21.9. The summed E-state index contributed by atoms with van der Waals surface area (Å²) in [7, 11) is -4.72. The highest BCUT2D eigenvalue weighted by Gasteiger charge is 2.49. The van der Waals surface area contributed by atoms with Crippen molar-refractivity contribution < 1.29 is 43.5 Å². The summed E-state index contributed by atoms with van der Waals surface area (Å²) in [5.41, 5.74) is 11.4. The summed E-state index contributed by atoms with van der Waals surface area (Å²) < 4.78 is 38.4. The van der Waals surface area contributed by atoms with E-state index in [-0.39, 0.29) is 40.6 Å². The summed E-state index contributed by atoms with van der Waals surface area (Å²) in [4.78, 5) is 41.5. The molecule has 0 radical (unpaired) electrons. The highest BCUT2D eigenvalue weighted by molar-refractivity contribution is 7.52. The molecule has 2 aliphatic heterocycles. The van der Waals surface area contributed by atoms with Crippen molar-refractivity contribution in [2.24, 2.45) is 5.92 Å². The molecule has 19 nitrogen and oxygen atoms in total. The first-order valence-electron chi connectivity index (χ1n) is 12.7. The van der Waals surface area contributed by atoms with Gasteiger partial charge in [0.15, 0.2) is 42.2 Å². The Labute approximate surface area is 235 Å². The maximum atomic E-state index is 13.2. The molecule has 0 saturated carbocycles. The Hall–Kier alpha value is -3.52. The van der Waals surface area contributed by atoms with E-state index in [0.29, 0.717) is 0 Å². The van der Waals surface area contributed by atoms with E-state index in [4.69, 9.17) is 30.2 Å². The molecule has 9 N–H and O–H groups in total. The summed E-state index contributed by atoms with van der Waals surface area (Å²) in [5.74, 6) is -0.944. The van der Waals surface area contributed by atoms with Gasteiger partial charge >= 0.3 is 7.60 Å². The number of nitrogens with zero attached hydrogens (tertiary/aromatic N) is 6. The molecule has 226 valence electrons. The minimum absolute atomic E-state index is 0.0436. The lowest BCUT2D eigenvalue weighted by molar-refractivity contribution is -0.180. The number of imidazole rings is 1. The van der Waals surface area contributed by atoms with Crippen LogP contribution in [0.4, 0.5) is 11.8 Å². The number of anilines is 2. The fourth-order valence-electron chi connectivity index (χ4n) is 5.01. The van der Waals surface area contributed by atoms with Crippen LogP contribution in [-0.4, -0.2) is 97.9 Å². The average Bonchev–Trinajstić information content (AvgIpc) is 3.64. The topological polar surface area (TPSA) is 281 Å². The van der Waals surface area contributed by atoms with Crippen LogP contribution in [0.25, 0.3) is 22.2 Å². The van der Waals surface area contributed by atoms with Crippen molar-refractivity contribution in [2.45, 2.75) is 50.1 Å². The Bertz CT molecular complexity index is 1730. The largest absolute Gasteiger partial charge is 0.390 e. The molecule has 0 bridgehead atoms. The smallest absolute Gasteiger partial charge is 0.354 e. The van der Waals surface area contributed by atoms with Crippen LogP contribution < -0.4 is 17.0 Å². The molecule has 0 aromatic carbocycles. The maximum Gasteiger partial charge on any atom is 0.354 e. The molecule has 6 heterocycles. The molecular weight excluding hydrogens is 581 g/mol. The van der Waals surface area contributed by atoms with E-state index in [2.05, 4.69) is 24.9 Å². The van der Waals surface area contributed by atoms with Crippen molar-refractivity contribution in [1.29, 1.82) is 0 Å². The zero-order chi connectivity index (χ0) is 29.9. The molecule has 4 aromatic rings. The average molecular weight is 609 g/mol. The molecule has 9 unspecified atom stereocenters. The van der Waals surface area contributed by atoms with Crippen molar-refractivity contribution in [3.8, 4) is 0 Å². The first-order chi connectivity index (χ1) is 19.9. The second kappa shape index (κ2) is 10.6. The van der Waals surface area contributed by atoms with Crippen LogP contribution in [0.2, 0.25) is 0 Å². The van der Waals surface area contributed by atoms with Gasteiger partial charge in [0.2, 0.25) is 5.95 Å². The lowest BCUT2D eigenvalue weighted by atomic mass is 9.99. The number of aromatic nitrogens is 7. The number of fused-ring (bicyclic) bond motifs is 3. The molecule has 20 heteroatoms. The molecule has 6 rings (SSSR count). The third-order valence-corrected chi connectivity index (χ3v) is 8.22. The second-order valence-electron chi connectivity index (χ2n) is 10.1. The van der Waals surface area contributed by atoms with E-state index in [0.717, 1.165) is 4.57 Å². The number of ether oxygens (including phenoxy) is 3. The van der Waals surface area contributed by atoms with E-state index in [1.807, 2.05) is 0 Å². The molecular formula is C22H28N9O10P. The molecule has 9 atom stereocenters. The van der Waals surface area contributed by atoms with Crippen LogP contribution in [0.5, 0.6) is 0 Å². The molecule has 2 fully saturated rings. The first kappa shape index (κ1) is 28.6. The van der Waals surface area contributed by atoms with Crippen molar-refractivity contribution in [3.63, 3.8) is 0 Å². The van der Waals surface area contributed by atoms with E-state index in [1.165, 1.54) is 29.5 Å². The Balaban J connectivity index is 1.28. The number of aliphatic hydroxyl groups excluding tert-OH is 3. The fourth-order valence-corrected chi connectivity index (χ4v) is 6.02. The number of nitrogens with one attached hydrogen (secondary N) is 1. The maximum absolute atomic E-state index is 13.2. The number of aromatic amines is 1. The molecule has 0 aliphatic carbocycles. The Kier molecular flexibility index (Phi) is 7.24. The van der Waals surface area contributed by atoms with E-state index < -0.39 is 68.6 Å². The predicted molar refractivity (Wildman–Crippen MR) is 141 cm³/mol.